The van der Waals surface area contributed by atoms with E-state index in [1.807, 2.05) is 37.3 Å². The molecule has 1 amide bonds. The van der Waals surface area contributed by atoms with Crippen LogP contribution in [0, 0.1) is 5.82 Å². The highest BCUT2D eigenvalue weighted by molar-refractivity contribution is 5.80. The summed E-state index contributed by atoms with van der Waals surface area (Å²) in [6, 6.07) is 17.0. The van der Waals surface area contributed by atoms with Crippen LogP contribution in [0.15, 0.2) is 54.6 Å². The van der Waals surface area contributed by atoms with Gasteiger partial charge in [-0.25, -0.2) is 4.39 Å². The van der Waals surface area contributed by atoms with Gasteiger partial charge < -0.3 is 15.1 Å². The number of halogens is 1. The predicted octanol–water partition coefficient (Wildman–Crippen LogP) is 2.23. The van der Waals surface area contributed by atoms with E-state index in [0.717, 1.165) is 38.3 Å². The van der Waals surface area contributed by atoms with Gasteiger partial charge in [-0.2, -0.15) is 0 Å². The van der Waals surface area contributed by atoms with E-state index >= 15 is 0 Å². The molecule has 5 heteroatoms. The van der Waals surface area contributed by atoms with E-state index in [2.05, 4.69) is 29.3 Å². The second-order valence-corrected chi connectivity index (χ2v) is 7.60. The third-order valence-electron chi connectivity index (χ3n) is 5.89. The summed E-state index contributed by atoms with van der Waals surface area (Å²) in [6.45, 7) is 8.41. The quantitative estimate of drug-likeness (QED) is 0.768. The Balaban J connectivity index is 1.48. The molecule has 1 heterocycles. The van der Waals surface area contributed by atoms with Gasteiger partial charge in [0.05, 0.1) is 26.2 Å². The molecule has 0 radical (unpaired) electrons. The maximum absolute atomic E-state index is 13.1. The molecule has 3 rings (SSSR count). The third-order valence-corrected chi connectivity index (χ3v) is 5.89. The molecule has 2 atom stereocenters. The second kappa shape index (κ2) is 9.69. The molecule has 0 spiro atoms. The van der Waals surface area contributed by atoms with Crippen LogP contribution in [0.5, 0.6) is 0 Å². The van der Waals surface area contributed by atoms with Gasteiger partial charge in [0.25, 0.3) is 5.91 Å². The molecule has 1 fully saturated rings. The number of hydrogen-bond donors (Lipinski definition) is 2. The van der Waals surface area contributed by atoms with Crippen LogP contribution >= 0.6 is 0 Å². The largest absolute Gasteiger partial charge is 0.360 e. The normalized spacial score (nSPS) is 17.2. The standard InChI is InChI=1S/C23H30FN3O/c1-3-19(20-7-5-4-6-8-20)17-25-23(28)18(2)26-13-15-27(16-14-26)22-11-9-21(24)10-12-22/h4-12,18-19H,3,13-17H2,1-2H3,(H,25,28)/p+1/t18-,19-/m0/s1. The van der Waals surface area contributed by atoms with Crippen molar-refractivity contribution in [2.45, 2.75) is 32.2 Å². The lowest BCUT2D eigenvalue weighted by Gasteiger charge is -2.36. The van der Waals surface area contributed by atoms with E-state index in [1.165, 1.54) is 22.6 Å². The van der Waals surface area contributed by atoms with E-state index in [-0.39, 0.29) is 17.8 Å². The number of hydrogen-bond acceptors (Lipinski definition) is 2. The van der Waals surface area contributed by atoms with Gasteiger partial charge in [-0.1, -0.05) is 37.3 Å². The van der Waals surface area contributed by atoms with Crippen LogP contribution in [0.2, 0.25) is 0 Å². The molecular weight excluding hydrogens is 353 g/mol. The number of nitrogens with zero attached hydrogens (tertiary/aromatic N) is 1. The lowest BCUT2D eigenvalue weighted by molar-refractivity contribution is -0.914. The summed E-state index contributed by atoms with van der Waals surface area (Å²) in [6.07, 6.45) is 1.00. The first-order valence-electron chi connectivity index (χ1n) is 10.3. The Kier molecular flexibility index (Phi) is 7.04. The minimum absolute atomic E-state index is 0.0661. The monoisotopic (exact) mass is 384 g/mol. The molecule has 0 aliphatic carbocycles. The molecule has 0 unspecified atom stereocenters. The van der Waals surface area contributed by atoms with Crippen LogP contribution in [0.25, 0.3) is 0 Å². The van der Waals surface area contributed by atoms with Gasteiger partial charge in [-0.05, 0) is 43.2 Å². The van der Waals surface area contributed by atoms with Gasteiger partial charge in [-0.15, -0.1) is 0 Å². The number of quaternary nitrogens is 1. The Morgan fingerprint density at radius 2 is 1.75 bits per heavy atom. The Labute approximate surface area is 167 Å². The fourth-order valence-electron chi connectivity index (χ4n) is 3.92. The Morgan fingerprint density at radius 3 is 2.36 bits per heavy atom. The number of benzene rings is 2. The fraction of sp³-hybridized carbons (Fsp3) is 0.435. The van der Waals surface area contributed by atoms with Crippen molar-refractivity contribution < 1.29 is 14.1 Å². The Morgan fingerprint density at radius 1 is 1.11 bits per heavy atom. The highest BCUT2D eigenvalue weighted by Crippen LogP contribution is 2.18. The van der Waals surface area contributed by atoms with Gasteiger partial charge in [0.15, 0.2) is 6.04 Å². The van der Waals surface area contributed by atoms with Crippen molar-refractivity contribution in [3.8, 4) is 0 Å². The number of rotatable bonds is 7. The van der Waals surface area contributed by atoms with Crippen LogP contribution in [-0.4, -0.2) is 44.7 Å². The summed E-state index contributed by atoms with van der Waals surface area (Å²) >= 11 is 0. The van der Waals surface area contributed by atoms with Crippen molar-refractivity contribution in [1.82, 2.24) is 5.32 Å². The van der Waals surface area contributed by atoms with Crippen LogP contribution < -0.4 is 15.1 Å². The highest BCUT2D eigenvalue weighted by Gasteiger charge is 2.29. The molecule has 2 aromatic carbocycles. The molecule has 0 saturated carbocycles. The number of amides is 1. The van der Waals surface area contributed by atoms with E-state index in [4.69, 9.17) is 0 Å². The van der Waals surface area contributed by atoms with E-state index in [9.17, 15) is 9.18 Å². The molecule has 0 bridgehead atoms. The first-order chi connectivity index (χ1) is 13.6. The number of nitrogens with one attached hydrogen (secondary N) is 2. The van der Waals surface area contributed by atoms with Crippen LogP contribution in [-0.2, 0) is 4.79 Å². The van der Waals surface area contributed by atoms with Gasteiger partial charge in [0.1, 0.15) is 5.82 Å². The molecule has 4 nitrogen and oxygen atoms in total. The summed E-state index contributed by atoms with van der Waals surface area (Å²) in [5, 5.41) is 3.16. The zero-order valence-corrected chi connectivity index (χ0v) is 16.8. The smallest absolute Gasteiger partial charge is 0.278 e. The zero-order valence-electron chi connectivity index (χ0n) is 16.8. The van der Waals surface area contributed by atoms with Crippen molar-refractivity contribution >= 4 is 11.6 Å². The van der Waals surface area contributed by atoms with Crippen molar-refractivity contribution in [3.05, 3.63) is 66.0 Å². The molecular formula is C23H31FN3O+. The summed E-state index contributed by atoms with van der Waals surface area (Å²) in [5.74, 6) is 0.265. The number of carbonyl (C=O) groups excluding carboxylic acids is 1. The van der Waals surface area contributed by atoms with Crippen LogP contribution in [0.4, 0.5) is 10.1 Å². The molecule has 2 N–H and O–H groups in total. The fourth-order valence-corrected chi connectivity index (χ4v) is 3.92. The van der Waals surface area contributed by atoms with Gasteiger partial charge in [-0.3, -0.25) is 4.79 Å². The summed E-state index contributed by atoms with van der Waals surface area (Å²) in [5.41, 5.74) is 2.32. The van der Waals surface area contributed by atoms with Crippen molar-refractivity contribution in [2.75, 3.05) is 37.6 Å². The molecule has 1 saturated heterocycles. The van der Waals surface area contributed by atoms with Crippen LogP contribution in [0.3, 0.4) is 0 Å². The maximum atomic E-state index is 13.1. The molecule has 150 valence electrons. The minimum Gasteiger partial charge on any atom is -0.360 e. The molecule has 1 aliphatic rings. The van der Waals surface area contributed by atoms with Crippen molar-refractivity contribution in [2.24, 2.45) is 0 Å². The molecule has 0 aromatic heterocycles. The lowest BCUT2D eigenvalue weighted by atomic mass is 9.96. The first-order valence-corrected chi connectivity index (χ1v) is 10.3. The molecule has 2 aromatic rings. The Bertz CT molecular complexity index is 742. The average molecular weight is 385 g/mol. The van der Waals surface area contributed by atoms with Gasteiger partial charge in [0, 0.05) is 18.2 Å². The van der Waals surface area contributed by atoms with E-state index in [0.29, 0.717) is 12.5 Å². The Hall–Kier alpha value is -2.40. The lowest BCUT2D eigenvalue weighted by Crippen LogP contribution is -3.19. The van der Waals surface area contributed by atoms with Crippen LogP contribution in [0.1, 0.15) is 31.7 Å². The number of carbonyl (C=O) groups is 1. The second-order valence-electron chi connectivity index (χ2n) is 7.60. The summed E-state index contributed by atoms with van der Waals surface area (Å²) < 4.78 is 13.1. The van der Waals surface area contributed by atoms with Gasteiger partial charge >= 0.3 is 0 Å². The third kappa shape index (κ3) is 5.10. The maximum Gasteiger partial charge on any atom is 0.278 e. The summed E-state index contributed by atoms with van der Waals surface area (Å²) in [7, 11) is 0. The number of anilines is 1. The SMILES string of the molecule is CC[C@@H](CNC(=O)[C@H](C)[NH+]1CCN(c2ccc(F)cc2)CC1)c1ccccc1. The zero-order chi connectivity index (χ0) is 19.9. The van der Waals surface area contributed by atoms with Gasteiger partial charge in [0.2, 0.25) is 0 Å². The first kappa shape index (κ1) is 20.3. The topological polar surface area (TPSA) is 36.8 Å². The summed E-state index contributed by atoms with van der Waals surface area (Å²) in [4.78, 5) is 16.3. The van der Waals surface area contributed by atoms with E-state index in [1.54, 1.807) is 0 Å². The number of piperazine rings is 1. The minimum atomic E-state index is -0.209. The average Bonchev–Trinajstić information content (AvgIpc) is 2.75. The van der Waals surface area contributed by atoms with Crippen molar-refractivity contribution in [3.63, 3.8) is 0 Å². The predicted molar refractivity (Wildman–Crippen MR) is 111 cm³/mol. The molecule has 28 heavy (non-hydrogen) atoms. The molecule has 1 aliphatic heterocycles. The van der Waals surface area contributed by atoms with E-state index < -0.39 is 0 Å². The van der Waals surface area contributed by atoms with Crippen molar-refractivity contribution in [1.29, 1.82) is 0 Å². The highest BCUT2D eigenvalue weighted by atomic mass is 19.1.